The van der Waals surface area contributed by atoms with Crippen LogP contribution in [0.3, 0.4) is 0 Å². The average Bonchev–Trinajstić information content (AvgIpc) is 2.56. The van der Waals surface area contributed by atoms with Gasteiger partial charge in [0.25, 0.3) is 0 Å². The lowest BCUT2D eigenvalue weighted by Gasteiger charge is -2.21. The molecule has 1 heterocycles. The maximum Gasteiger partial charge on any atom is 0.344 e. The zero-order valence-corrected chi connectivity index (χ0v) is 14.2. The van der Waals surface area contributed by atoms with Crippen molar-refractivity contribution in [2.24, 2.45) is 0 Å². The first kappa shape index (κ1) is 16.1. The molecule has 0 fully saturated rings. The zero-order valence-electron chi connectivity index (χ0n) is 14.2. The number of phenols is 1. The molecule has 24 heavy (non-hydrogen) atoms. The standard InChI is InChI=1S/C20H21NO3/c1-4-21(5-2)15-9-10-17-13(3)19(20(23)24-18(17)12-15)14-7-6-8-16(22)11-14/h6-12,22H,4-5H2,1-3H3. The Labute approximate surface area is 141 Å². The minimum atomic E-state index is -0.387. The first-order valence-electron chi connectivity index (χ1n) is 8.17. The molecule has 1 N–H and O–H groups in total. The molecule has 0 atom stereocenters. The predicted octanol–water partition coefficient (Wildman–Crippen LogP) is 4.32. The largest absolute Gasteiger partial charge is 0.508 e. The van der Waals surface area contributed by atoms with E-state index in [-0.39, 0.29) is 11.4 Å². The third-order valence-corrected chi connectivity index (χ3v) is 4.41. The first-order chi connectivity index (χ1) is 11.5. The highest BCUT2D eigenvalue weighted by atomic mass is 16.4. The number of phenolic OH excluding ortho intramolecular Hbond substituents is 1. The second kappa shape index (κ2) is 6.40. The van der Waals surface area contributed by atoms with Crippen molar-refractivity contribution in [2.45, 2.75) is 20.8 Å². The Morgan fingerprint density at radius 1 is 1.08 bits per heavy atom. The molecule has 4 nitrogen and oxygen atoms in total. The smallest absolute Gasteiger partial charge is 0.344 e. The lowest BCUT2D eigenvalue weighted by atomic mass is 9.99. The van der Waals surface area contributed by atoms with Crippen LogP contribution in [0.4, 0.5) is 5.69 Å². The number of aryl methyl sites for hydroxylation is 1. The van der Waals surface area contributed by atoms with E-state index in [1.54, 1.807) is 24.3 Å². The lowest BCUT2D eigenvalue weighted by Crippen LogP contribution is -2.21. The van der Waals surface area contributed by atoms with Gasteiger partial charge in [0.1, 0.15) is 11.3 Å². The number of hydrogen-bond donors (Lipinski definition) is 1. The predicted molar refractivity (Wildman–Crippen MR) is 97.9 cm³/mol. The Morgan fingerprint density at radius 3 is 2.50 bits per heavy atom. The fourth-order valence-corrected chi connectivity index (χ4v) is 3.13. The molecule has 0 spiro atoms. The number of hydrogen-bond acceptors (Lipinski definition) is 4. The molecule has 0 saturated carbocycles. The molecule has 2 aromatic carbocycles. The van der Waals surface area contributed by atoms with Gasteiger partial charge in [-0.1, -0.05) is 12.1 Å². The van der Waals surface area contributed by atoms with Gasteiger partial charge in [-0.2, -0.15) is 0 Å². The molecule has 1 aromatic heterocycles. The summed E-state index contributed by atoms with van der Waals surface area (Å²) >= 11 is 0. The minimum absolute atomic E-state index is 0.128. The van der Waals surface area contributed by atoms with E-state index in [1.165, 1.54) is 0 Å². The van der Waals surface area contributed by atoms with Gasteiger partial charge < -0.3 is 14.4 Å². The minimum Gasteiger partial charge on any atom is -0.508 e. The highest BCUT2D eigenvalue weighted by molar-refractivity contribution is 5.88. The van der Waals surface area contributed by atoms with Gasteiger partial charge in [0.15, 0.2) is 0 Å². The zero-order chi connectivity index (χ0) is 17.3. The van der Waals surface area contributed by atoms with Gasteiger partial charge in [-0.3, -0.25) is 0 Å². The molecule has 0 aliphatic heterocycles. The fourth-order valence-electron chi connectivity index (χ4n) is 3.13. The second-order valence-corrected chi connectivity index (χ2v) is 5.79. The number of aromatic hydroxyl groups is 1. The average molecular weight is 323 g/mol. The molecule has 0 radical (unpaired) electrons. The van der Waals surface area contributed by atoms with Crippen LogP contribution in [0.5, 0.6) is 5.75 Å². The fraction of sp³-hybridized carbons (Fsp3) is 0.250. The van der Waals surface area contributed by atoms with Crippen molar-refractivity contribution in [3.05, 3.63) is 58.4 Å². The van der Waals surface area contributed by atoms with Crippen LogP contribution in [0.25, 0.3) is 22.1 Å². The van der Waals surface area contributed by atoms with E-state index < -0.39 is 0 Å². The SMILES string of the molecule is CCN(CC)c1ccc2c(C)c(-c3cccc(O)c3)c(=O)oc2c1. The van der Waals surface area contributed by atoms with Crippen molar-refractivity contribution in [2.75, 3.05) is 18.0 Å². The summed E-state index contributed by atoms with van der Waals surface area (Å²) < 4.78 is 5.58. The number of rotatable bonds is 4. The van der Waals surface area contributed by atoms with E-state index in [2.05, 4.69) is 24.8 Å². The van der Waals surface area contributed by atoms with Crippen molar-refractivity contribution in [3.63, 3.8) is 0 Å². The molecule has 0 aliphatic carbocycles. The highest BCUT2D eigenvalue weighted by Gasteiger charge is 2.15. The van der Waals surface area contributed by atoms with Crippen molar-refractivity contribution in [1.29, 1.82) is 0 Å². The Hall–Kier alpha value is -2.75. The van der Waals surface area contributed by atoms with E-state index in [4.69, 9.17) is 4.42 Å². The molecule has 0 amide bonds. The third kappa shape index (κ3) is 2.75. The number of benzene rings is 2. The summed E-state index contributed by atoms with van der Waals surface area (Å²) in [5.41, 5.74) is 3.26. The molecule has 0 saturated heterocycles. The molecule has 0 aliphatic rings. The Morgan fingerprint density at radius 2 is 1.83 bits per heavy atom. The van der Waals surface area contributed by atoms with E-state index in [1.807, 2.05) is 19.1 Å². The second-order valence-electron chi connectivity index (χ2n) is 5.79. The molecule has 0 bridgehead atoms. The molecule has 4 heteroatoms. The van der Waals surface area contributed by atoms with E-state index in [0.29, 0.717) is 16.7 Å². The van der Waals surface area contributed by atoms with Crippen molar-refractivity contribution >= 4 is 16.7 Å². The van der Waals surface area contributed by atoms with Crippen LogP contribution in [0.15, 0.2) is 51.7 Å². The van der Waals surface area contributed by atoms with Gasteiger partial charge in [0.2, 0.25) is 0 Å². The molecular formula is C20H21NO3. The molecule has 3 rings (SSSR count). The number of anilines is 1. The lowest BCUT2D eigenvalue weighted by molar-refractivity contribution is 0.475. The number of fused-ring (bicyclic) bond motifs is 1. The van der Waals surface area contributed by atoms with Crippen LogP contribution in [0, 0.1) is 6.92 Å². The van der Waals surface area contributed by atoms with Crippen LogP contribution in [0.1, 0.15) is 19.4 Å². The monoisotopic (exact) mass is 323 g/mol. The van der Waals surface area contributed by atoms with Crippen LogP contribution in [-0.4, -0.2) is 18.2 Å². The van der Waals surface area contributed by atoms with Gasteiger partial charge in [0, 0.05) is 30.2 Å². The van der Waals surface area contributed by atoms with Crippen LogP contribution >= 0.6 is 0 Å². The Bertz CT molecular complexity index is 939. The van der Waals surface area contributed by atoms with Crippen LogP contribution < -0.4 is 10.5 Å². The van der Waals surface area contributed by atoms with Gasteiger partial charge in [-0.05, 0) is 56.2 Å². The summed E-state index contributed by atoms with van der Waals surface area (Å²) in [5.74, 6) is 0.128. The van der Waals surface area contributed by atoms with E-state index in [9.17, 15) is 9.90 Å². The normalized spacial score (nSPS) is 11.0. The maximum atomic E-state index is 12.5. The van der Waals surface area contributed by atoms with Gasteiger partial charge >= 0.3 is 5.63 Å². The van der Waals surface area contributed by atoms with E-state index >= 15 is 0 Å². The maximum absolute atomic E-state index is 12.5. The summed E-state index contributed by atoms with van der Waals surface area (Å²) in [4.78, 5) is 14.7. The van der Waals surface area contributed by atoms with Gasteiger partial charge in [-0.25, -0.2) is 4.79 Å². The summed E-state index contributed by atoms with van der Waals surface area (Å²) in [6.45, 7) is 7.90. The quantitative estimate of drug-likeness (QED) is 0.727. The van der Waals surface area contributed by atoms with Crippen molar-refractivity contribution < 1.29 is 9.52 Å². The topological polar surface area (TPSA) is 53.7 Å². The third-order valence-electron chi connectivity index (χ3n) is 4.41. The highest BCUT2D eigenvalue weighted by Crippen LogP contribution is 2.30. The molecular weight excluding hydrogens is 302 g/mol. The Kier molecular flexibility index (Phi) is 4.30. The van der Waals surface area contributed by atoms with Crippen molar-refractivity contribution in [3.8, 4) is 16.9 Å². The summed E-state index contributed by atoms with van der Waals surface area (Å²) in [6, 6.07) is 12.6. The van der Waals surface area contributed by atoms with Crippen LogP contribution in [0.2, 0.25) is 0 Å². The molecule has 0 unspecified atom stereocenters. The summed E-state index contributed by atoms with van der Waals surface area (Å²) in [7, 11) is 0. The number of nitrogens with zero attached hydrogens (tertiary/aromatic N) is 1. The first-order valence-corrected chi connectivity index (χ1v) is 8.17. The summed E-state index contributed by atoms with van der Waals surface area (Å²) in [6.07, 6.45) is 0. The molecule has 3 aromatic rings. The van der Waals surface area contributed by atoms with E-state index in [0.717, 1.165) is 29.7 Å². The molecule has 124 valence electrons. The van der Waals surface area contributed by atoms with Gasteiger partial charge in [-0.15, -0.1) is 0 Å². The van der Waals surface area contributed by atoms with Gasteiger partial charge in [0.05, 0.1) is 5.56 Å². The van der Waals surface area contributed by atoms with Crippen molar-refractivity contribution in [1.82, 2.24) is 0 Å². The van der Waals surface area contributed by atoms with Crippen LogP contribution in [-0.2, 0) is 0 Å². The Balaban J connectivity index is 2.22. The summed E-state index contributed by atoms with van der Waals surface area (Å²) in [5, 5.41) is 10.6.